The van der Waals surface area contributed by atoms with Gasteiger partial charge in [-0.2, -0.15) is 5.10 Å². The molecule has 7 heteroatoms. The lowest BCUT2D eigenvalue weighted by molar-refractivity contribution is -0.120. The number of fused-ring (bicyclic) bond motifs is 1. The fourth-order valence-electron chi connectivity index (χ4n) is 2.83. The van der Waals surface area contributed by atoms with E-state index < -0.39 is 17.9 Å². The standard InChI is InChI=1S/C19H21N5O2/c1-3-12(2)16(17(20)25)23-19(26)14-11-22-24-15(9-10-21-18(14)24)13-7-5-4-6-8-13/h4-12,16H,3H2,1-2H3,(H2,20,25)(H,23,26). The molecule has 0 spiro atoms. The Labute approximate surface area is 151 Å². The summed E-state index contributed by atoms with van der Waals surface area (Å²) < 4.78 is 1.62. The molecule has 26 heavy (non-hydrogen) atoms. The zero-order valence-electron chi connectivity index (χ0n) is 14.7. The molecule has 2 amide bonds. The Balaban J connectivity index is 1.97. The molecule has 2 unspecified atom stereocenters. The van der Waals surface area contributed by atoms with Crippen LogP contribution < -0.4 is 11.1 Å². The van der Waals surface area contributed by atoms with Crippen molar-refractivity contribution < 1.29 is 9.59 Å². The maximum absolute atomic E-state index is 12.7. The maximum Gasteiger partial charge on any atom is 0.257 e. The normalized spacial score (nSPS) is 13.3. The van der Waals surface area contributed by atoms with Crippen LogP contribution in [0, 0.1) is 5.92 Å². The number of nitrogens with zero attached hydrogens (tertiary/aromatic N) is 3. The van der Waals surface area contributed by atoms with Crippen LogP contribution in [0.4, 0.5) is 0 Å². The first-order valence-corrected chi connectivity index (χ1v) is 8.51. The molecular formula is C19H21N5O2. The molecule has 2 atom stereocenters. The number of primary amides is 1. The highest BCUT2D eigenvalue weighted by Gasteiger charge is 2.26. The highest BCUT2D eigenvalue weighted by atomic mass is 16.2. The molecule has 0 aliphatic rings. The topological polar surface area (TPSA) is 102 Å². The number of benzene rings is 1. The van der Waals surface area contributed by atoms with E-state index in [2.05, 4.69) is 15.4 Å². The molecule has 3 rings (SSSR count). The van der Waals surface area contributed by atoms with Crippen molar-refractivity contribution in [3.63, 3.8) is 0 Å². The van der Waals surface area contributed by atoms with Gasteiger partial charge in [-0.15, -0.1) is 0 Å². The van der Waals surface area contributed by atoms with E-state index in [0.29, 0.717) is 11.2 Å². The van der Waals surface area contributed by atoms with Crippen LogP contribution in [0.5, 0.6) is 0 Å². The summed E-state index contributed by atoms with van der Waals surface area (Å²) in [6.45, 7) is 3.81. The van der Waals surface area contributed by atoms with Gasteiger partial charge in [0.2, 0.25) is 5.91 Å². The van der Waals surface area contributed by atoms with Crippen LogP contribution in [0.15, 0.2) is 48.8 Å². The molecule has 134 valence electrons. The minimum Gasteiger partial charge on any atom is -0.368 e. The van der Waals surface area contributed by atoms with Crippen LogP contribution in [0.3, 0.4) is 0 Å². The monoisotopic (exact) mass is 351 g/mol. The number of carbonyl (C=O) groups is 2. The van der Waals surface area contributed by atoms with Gasteiger partial charge in [-0.05, 0) is 12.0 Å². The van der Waals surface area contributed by atoms with Crippen molar-refractivity contribution in [3.05, 3.63) is 54.4 Å². The van der Waals surface area contributed by atoms with E-state index in [1.54, 1.807) is 10.7 Å². The van der Waals surface area contributed by atoms with Gasteiger partial charge >= 0.3 is 0 Å². The van der Waals surface area contributed by atoms with E-state index in [9.17, 15) is 9.59 Å². The van der Waals surface area contributed by atoms with Crippen molar-refractivity contribution in [2.75, 3.05) is 0 Å². The van der Waals surface area contributed by atoms with Crippen molar-refractivity contribution in [2.45, 2.75) is 26.3 Å². The van der Waals surface area contributed by atoms with Gasteiger partial charge in [0.1, 0.15) is 11.6 Å². The van der Waals surface area contributed by atoms with Gasteiger partial charge in [-0.3, -0.25) is 9.59 Å². The molecule has 7 nitrogen and oxygen atoms in total. The lowest BCUT2D eigenvalue weighted by atomic mass is 9.98. The van der Waals surface area contributed by atoms with Crippen molar-refractivity contribution in [3.8, 4) is 11.3 Å². The van der Waals surface area contributed by atoms with Gasteiger partial charge < -0.3 is 11.1 Å². The van der Waals surface area contributed by atoms with Crippen LogP contribution in [-0.2, 0) is 4.79 Å². The van der Waals surface area contributed by atoms with E-state index in [0.717, 1.165) is 17.7 Å². The predicted octanol–water partition coefficient (Wildman–Crippen LogP) is 2.03. The average Bonchev–Trinajstić information content (AvgIpc) is 3.10. The molecule has 3 N–H and O–H groups in total. The van der Waals surface area contributed by atoms with Crippen LogP contribution in [0.25, 0.3) is 16.9 Å². The number of hydrogen-bond donors (Lipinski definition) is 2. The quantitative estimate of drug-likeness (QED) is 0.709. The molecule has 0 bridgehead atoms. The van der Waals surface area contributed by atoms with Gasteiger partial charge in [0.15, 0.2) is 5.65 Å². The summed E-state index contributed by atoms with van der Waals surface area (Å²) in [6, 6.07) is 10.8. The Bertz CT molecular complexity index is 936. The number of carbonyl (C=O) groups excluding carboxylic acids is 2. The molecule has 2 aromatic heterocycles. The summed E-state index contributed by atoms with van der Waals surface area (Å²) in [7, 11) is 0. The first-order valence-electron chi connectivity index (χ1n) is 8.51. The Kier molecular flexibility index (Phi) is 4.97. The number of nitrogens with one attached hydrogen (secondary N) is 1. The molecule has 3 aromatic rings. The van der Waals surface area contributed by atoms with Gasteiger partial charge in [-0.25, -0.2) is 9.50 Å². The van der Waals surface area contributed by atoms with E-state index in [1.807, 2.05) is 50.2 Å². The molecular weight excluding hydrogens is 330 g/mol. The second-order valence-corrected chi connectivity index (χ2v) is 6.23. The van der Waals surface area contributed by atoms with Gasteiger partial charge in [0, 0.05) is 11.8 Å². The minimum atomic E-state index is -0.736. The van der Waals surface area contributed by atoms with Crippen LogP contribution in [0.2, 0.25) is 0 Å². The Morgan fingerprint density at radius 3 is 2.62 bits per heavy atom. The largest absolute Gasteiger partial charge is 0.368 e. The minimum absolute atomic E-state index is 0.0638. The second-order valence-electron chi connectivity index (χ2n) is 6.23. The van der Waals surface area contributed by atoms with Gasteiger partial charge in [0.05, 0.1) is 11.9 Å². The van der Waals surface area contributed by atoms with Crippen molar-refractivity contribution >= 4 is 17.5 Å². The number of rotatable bonds is 6. The highest BCUT2D eigenvalue weighted by molar-refractivity contribution is 6.02. The molecule has 0 fully saturated rings. The summed E-state index contributed by atoms with van der Waals surface area (Å²) in [5.74, 6) is -1.03. The molecule has 2 heterocycles. The number of hydrogen-bond acceptors (Lipinski definition) is 4. The summed E-state index contributed by atoms with van der Waals surface area (Å²) >= 11 is 0. The second kappa shape index (κ2) is 7.35. The SMILES string of the molecule is CCC(C)C(NC(=O)c1cnn2c(-c3ccccc3)ccnc12)C(N)=O. The molecule has 1 aromatic carbocycles. The predicted molar refractivity (Wildman–Crippen MR) is 98.3 cm³/mol. The Morgan fingerprint density at radius 2 is 1.96 bits per heavy atom. The van der Waals surface area contributed by atoms with E-state index in [4.69, 9.17) is 5.73 Å². The maximum atomic E-state index is 12.7. The Morgan fingerprint density at radius 1 is 1.23 bits per heavy atom. The van der Waals surface area contributed by atoms with Crippen LogP contribution in [-0.4, -0.2) is 32.5 Å². The third kappa shape index (κ3) is 3.28. The fraction of sp³-hybridized carbons (Fsp3) is 0.263. The van der Waals surface area contributed by atoms with Gasteiger partial charge in [0.25, 0.3) is 5.91 Å². The fourth-order valence-corrected chi connectivity index (χ4v) is 2.83. The first-order chi connectivity index (χ1) is 12.5. The van der Waals surface area contributed by atoms with E-state index in [1.165, 1.54) is 6.20 Å². The lowest BCUT2D eigenvalue weighted by Gasteiger charge is -2.20. The van der Waals surface area contributed by atoms with E-state index in [-0.39, 0.29) is 5.92 Å². The number of amides is 2. The number of nitrogens with two attached hydrogens (primary N) is 1. The summed E-state index contributed by atoms with van der Waals surface area (Å²) in [6.07, 6.45) is 3.81. The molecule has 0 aliphatic heterocycles. The van der Waals surface area contributed by atoms with Crippen LogP contribution in [0.1, 0.15) is 30.6 Å². The zero-order chi connectivity index (χ0) is 18.7. The molecule has 0 aliphatic carbocycles. The molecule has 0 radical (unpaired) electrons. The summed E-state index contributed by atoms with van der Waals surface area (Å²) in [5, 5.41) is 7.02. The molecule has 0 saturated heterocycles. The summed E-state index contributed by atoms with van der Waals surface area (Å²) in [4.78, 5) is 28.7. The molecule has 0 saturated carbocycles. The lowest BCUT2D eigenvalue weighted by Crippen LogP contribution is -2.48. The van der Waals surface area contributed by atoms with Crippen molar-refractivity contribution in [1.82, 2.24) is 19.9 Å². The highest BCUT2D eigenvalue weighted by Crippen LogP contribution is 2.20. The van der Waals surface area contributed by atoms with Crippen molar-refractivity contribution in [2.24, 2.45) is 11.7 Å². The smallest absolute Gasteiger partial charge is 0.257 e. The Hall–Kier alpha value is -3.22. The first kappa shape index (κ1) is 17.6. The summed E-state index contributed by atoms with van der Waals surface area (Å²) in [5.41, 5.74) is 7.95. The average molecular weight is 351 g/mol. The zero-order valence-corrected chi connectivity index (χ0v) is 14.7. The van der Waals surface area contributed by atoms with E-state index >= 15 is 0 Å². The van der Waals surface area contributed by atoms with Crippen LogP contribution >= 0.6 is 0 Å². The van der Waals surface area contributed by atoms with Gasteiger partial charge in [-0.1, -0.05) is 50.6 Å². The van der Waals surface area contributed by atoms with Crippen molar-refractivity contribution in [1.29, 1.82) is 0 Å². The number of aromatic nitrogens is 3. The third-order valence-corrected chi connectivity index (χ3v) is 4.52. The third-order valence-electron chi connectivity index (χ3n) is 4.52.